The van der Waals surface area contributed by atoms with Crippen molar-refractivity contribution < 1.29 is 32.6 Å². The molecule has 2 atom stereocenters. The molecule has 0 unspecified atom stereocenters. The normalized spacial score (nSPS) is 21.6. The number of fused-ring (bicyclic) bond motifs is 1. The topological polar surface area (TPSA) is 79.7 Å². The first-order valence-corrected chi connectivity index (χ1v) is 9.06. The molecular weight excluding hydrogens is 389 g/mol. The number of benzene rings is 1. The predicted octanol–water partition coefficient (Wildman–Crippen LogP) is 3.55. The average molecular weight is 406 g/mol. The van der Waals surface area contributed by atoms with Crippen molar-refractivity contribution in [2.75, 3.05) is 6.54 Å². The van der Waals surface area contributed by atoms with Gasteiger partial charge in [0.2, 0.25) is 5.88 Å². The summed E-state index contributed by atoms with van der Waals surface area (Å²) in [5.41, 5.74) is 0.349. The fourth-order valence-corrected chi connectivity index (χ4v) is 3.59. The number of aromatic nitrogens is 1. The van der Waals surface area contributed by atoms with Gasteiger partial charge in [-0.1, -0.05) is 24.3 Å². The molecular formula is C20H17F3N2O4. The lowest BCUT2D eigenvalue weighted by Gasteiger charge is -2.40. The number of amides is 1. The summed E-state index contributed by atoms with van der Waals surface area (Å²) in [7, 11) is 0. The summed E-state index contributed by atoms with van der Waals surface area (Å²) in [6.45, 7) is -1.56. The number of carbonyl (C=O) groups is 2. The summed E-state index contributed by atoms with van der Waals surface area (Å²) in [6.07, 6.45) is -1.49. The van der Waals surface area contributed by atoms with Gasteiger partial charge in [-0.2, -0.15) is 13.2 Å². The smallest absolute Gasteiger partial charge is 0.406 e. The van der Waals surface area contributed by atoms with Gasteiger partial charge >= 0.3 is 12.1 Å². The summed E-state index contributed by atoms with van der Waals surface area (Å²) in [5, 5.41) is 9.84. The van der Waals surface area contributed by atoms with E-state index in [-0.39, 0.29) is 22.8 Å². The maximum atomic E-state index is 13.2. The number of carboxylic acid groups (broad SMARTS) is 1. The minimum atomic E-state index is -4.69. The quantitative estimate of drug-likeness (QED) is 0.822. The second-order valence-electron chi connectivity index (χ2n) is 7.14. The third kappa shape index (κ3) is 3.90. The Bertz CT molecular complexity index is 941. The molecule has 1 aliphatic heterocycles. The number of rotatable bonds is 5. The van der Waals surface area contributed by atoms with Gasteiger partial charge in [-0.3, -0.25) is 9.59 Å². The Labute approximate surface area is 163 Å². The minimum absolute atomic E-state index is 0.0398. The standard InChI is InChI=1S/C20H17F3N2O4/c21-20(22,23)10-25-17(11-5-8-15(24-9-11)29-12-6-7-12)16(19(27)28)13-3-1-2-4-14(13)18(25)26/h1-5,8-9,12,16-17H,6-7,10H2,(H,27,28)/t16-,17+/m0/s1. The van der Waals surface area contributed by atoms with Gasteiger partial charge in [0, 0.05) is 17.8 Å². The molecule has 0 radical (unpaired) electrons. The van der Waals surface area contributed by atoms with E-state index in [0.29, 0.717) is 10.8 Å². The zero-order valence-corrected chi connectivity index (χ0v) is 15.1. The molecule has 1 aromatic carbocycles. The lowest BCUT2D eigenvalue weighted by atomic mass is 9.80. The number of alkyl halides is 3. The average Bonchev–Trinajstić information content (AvgIpc) is 3.47. The fraction of sp³-hybridized carbons (Fsp3) is 0.350. The Balaban J connectivity index is 1.79. The molecule has 9 heteroatoms. The fourth-order valence-electron chi connectivity index (χ4n) is 3.59. The molecule has 4 rings (SSSR count). The Morgan fingerprint density at radius 2 is 1.93 bits per heavy atom. The maximum Gasteiger partial charge on any atom is 0.406 e. The van der Waals surface area contributed by atoms with Crippen molar-refractivity contribution in [1.29, 1.82) is 0 Å². The van der Waals surface area contributed by atoms with Gasteiger partial charge in [0.25, 0.3) is 5.91 Å². The third-order valence-corrected chi connectivity index (χ3v) is 4.97. The largest absolute Gasteiger partial charge is 0.481 e. The van der Waals surface area contributed by atoms with Gasteiger partial charge in [0.05, 0.1) is 6.04 Å². The van der Waals surface area contributed by atoms with Gasteiger partial charge in [0.15, 0.2) is 0 Å². The highest BCUT2D eigenvalue weighted by atomic mass is 19.4. The Morgan fingerprint density at radius 1 is 1.21 bits per heavy atom. The van der Waals surface area contributed by atoms with E-state index in [1.807, 2.05) is 0 Å². The molecule has 1 aliphatic carbocycles. The van der Waals surface area contributed by atoms with Crippen LogP contribution in [-0.4, -0.2) is 45.7 Å². The van der Waals surface area contributed by atoms with Crippen molar-refractivity contribution >= 4 is 11.9 Å². The van der Waals surface area contributed by atoms with Crippen molar-refractivity contribution in [3.05, 3.63) is 59.3 Å². The Morgan fingerprint density at radius 3 is 2.52 bits per heavy atom. The number of carboxylic acids is 1. The van der Waals surface area contributed by atoms with Crippen LogP contribution in [0.15, 0.2) is 42.6 Å². The van der Waals surface area contributed by atoms with Crippen molar-refractivity contribution in [3.8, 4) is 5.88 Å². The number of pyridine rings is 1. The lowest BCUT2D eigenvalue weighted by Crippen LogP contribution is -2.48. The van der Waals surface area contributed by atoms with E-state index in [4.69, 9.17) is 4.74 Å². The maximum absolute atomic E-state index is 13.2. The first-order chi connectivity index (χ1) is 13.7. The van der Waals surface area contributed by atoms with Crippen molar-refractivity contribution in [3.63, 3.8) is 0 Å². The first-order valence-electron chi connectivity index (χ1n) is 9.06. The van der Waals surface area contributed by atoms with E-state index >= 15 is 0 Å². The zero-order chi connectivity index (χ0) is 20.8. The molecule has 0 spiro atoms. The van der Waals surface area contributed by atoms with Crippen LogP contribution in [0.3, 0.4) is 0 Å². The second-order valence-corrected chi connectivity index (χ2v) is 7.14. The SMILES string of the molecule is O=C(O)[C@H]1c2ccccc2C(=O)N(CC(F)(F)F)[C@@H]1c1ccc(OC2CC2)nc1. The molecule has 2 heterocycles. The van der Waals surface area contributed by atoms with Crippen LogP contribution in [0.5, 0.6) is 5.88 Å². The highest BCUT2D eigenvalue weighted by molar-refractivity contribution is 6.00. The van der Waals surface area contributed by atoms with E-state index in [2.05, 4.69) is 4.98 Å². The van der Waals surface area contributed by atoms with Crippen LogP contribution < -0.4 is 4.74 Å². The van der Waals surface area contributed by atoms with Crippen LogP contribution >= 0.6 is 0 Å². The molecule has 2 aliphatic rings. The van der Waals surface area contributed by atoms with E-state index in [1.54, 1.807) is 6.07 Å². The van der Waals surface area contributed by atoms with Crippen LogP contribution in [0.4, 0.5) is 13.2 Å². The van der Waals surface area contributed by atoms with Crippen LogP contribution in [0.1, 0.15) is 46.3 Å². The highest BCUT2D eigenvalue weighted by Crippen LogP contribution is 2.44. The van der Waals surface area contributed by atoms with Gasteiger partial charge < -0.3 is 14.7 Å². The first kappa shape index (κ1) is 19.2. The number of halogens is 3. The molecule has 1 N–H and O–H groups in total. The second kappa shape index (κ2) is 7.06. The molecule has 29 heavy (non-hydrogen) atoms. The number of aliphatic carboxylic acids is 1. The monoisotopic (exact) mass is 406 g/mol. The van der Waals surface area contributed by atoms with Crippen LogP contribution in [0.25, 0.3) is 0 Å². The van der Waals surface area contributed by atoms with E-state index < -0.39 is 36.6 Å². The Kier molecular flexibility index (Phi) is 4.68. The molecule has 1 amide bonds. The van der Waals surface area contributed by atoms with Crippen LogP contribution in [0, 0.1) is 0 Å². The third-order valence-electron chi connectivity index (χ3n) is 4.97. The van der Waals surface area contributed by atoms with E-state index in [1.165, 1.54) is 36.5 Å². The van der Waals surface area contributed by atoms with Crippen molar-refractivity contribution in [1.82, 2.24) is 9.88 Å². The number of ether oxygens (including phenoxy) is 1. The van der Waals surface area contributed by atoms with Gasteiger partial charge in [-0.05, 0) is 30.0 Å². The summed E-state index contributed by atoms with van der Waals surface area (Å²) < 4.78 is 45.3. The minimum Gasteiger partial charge on any atom is -0.481 e. The highest BCUT2D eigenvalue weighted by Gasteiger charge is 2.48. The molecule has 2 aromatic rings. The van der Waals surface area contributed by atoms with Crippen LogP contribution in [-0.2, 0) is 4.79 Å². The number of hydrogen-bond donors (Lipinski definition) is 1. The van der Waals surface area contributed by atoms with Crippen molar-refractivity contribution in [2.24, 2.45) is 0 Å². The summed E-state index contributed by atoms with van der Waals surface area (Å²) in [4.78, 5) is 29.6. The van der Waals surface area contributed by atoms with E-state index in [0.717, 1.165) is 12.8 Å². The number of carbonyl (C=O) groups excluding carboxylic acids is 1. The zero-order valence-electron chi connectivity index (χ0n) is 15.1. The molecule has 6 nitrogen and oxygen atoms in total. The summed E-state index contributed by atoms with van der Waals surface area (Å²) >= 11 is 0. The van der Waals surface area contributed by atoms with Gasteiger partial charge in [-0.15, -0.1) is 0 Å². The molecule has 152 valence electrons. The van der Waals surface area contributed by atoms with Crippen LogP contribution in [0.2, 0.25) is 0 Å². The molecule has 1 fully saturated rings. The Hall–Kier alpha value is -3.10. The number of hydrogen-bond acceptors (Lipinski definition) is 4. The van der Waals surface area contributed by atoms with E-state index in [9.17, 15) is 27.9 Å². The lowest BCUT2D eigenvalue weighted by molar-refractivity contribution is -0.153. The molecule has 0 saturated heterocycles. The molecule has 1 aromatic heterocycles. The summed E-state index contributed by atoms with van der Waals surface area (Å²) in [6, 6.07) is 7.47. The molecule has 0 bridgehead atoms. The molecule has 1 saturated carbocycles. The summed E-state index contributed by atoms with van der Waals surface area (Å²) in [5.74, 6) is -3.23. The predicted molar refractivity (Wildman–Crippen MR) is 94.5 cm³/mol. The number of nitrogens with zero attached hydrogens (tertiary/aromatic N) is 2. The van der Waals surface area contributed by atoms with Crippen molar-refractivity contribution in [2.45, 2.75) is 37.1 Å². The van der Waals surface area contributed by atoms with Gasteiger partial charge in [0.1, 0.15) is 18.6 Å². The van der Waals surface area contributed by atoms with Gasteiger partial charge in [-0.25, -0.2) is 4.98 Å².